The Balaban J connectivity index is 2.13. The molecule has 0 unspecified atom stereocenters. The van der Waals surface area contributed by atoms with Gasteiger partial charge >= 0.3 is 0 Å². The van der Waals surface area contributed by atoms with Crippen LogP contribution < -0.4 is 10.5 Å². The van der Waals surface area contributed by atoms with Gasteiger partial charge in [-0.25, -0.2) is 0 Å². The molecule has 0 bridgehead atoms. The SMILES string of the molecule is CC(C)Oc1ccc([C@H](O)C2(CN)CCOCC2)cc1. The molecule has 1 atom stereocenters. The first kappa shape index (κ1) is 15.3. The zero-order valence-electron chi connectivity index (χ0n) is 12.3. The van der Waals surface area contributed by atoms with Crippen LogP contribution in [0.15, 0.2) is 24.3 Å². The molecule has 4 nitrogen and oxygen atoms in total. The number of aliphatic hydroxyl groups excluding tert-OH is 1. The molecule has 112 valence electrons. The fraction of sp³-hybridized carbons (Fsp3) is 0.625. The Morgan fingerprint density at radius 2 is 1.85 bits per heavy atom. The normalized spacial score (nSPS) is 19.9. The third-order valence-corrected chi connectivity index (χ3v) is 4.04. The highest BCUT2D eigenvalue weighted by molar-refractivity contribution is 5.29. The van der Waals surface area contributed by atoms with Gasteiger partial charge in [-0.1, -0.05) is 12.1 Å². The van der Waals surface area contributed by atoms with Crippen molar-refractivity contribution in [3.8, 4) is 5.75 Å². The van der Waals surface area contributed by atoms with Crippen LogP contribution in [0.1, 0.15) is 38.4 Å². The van der Waals surface area contributed by atoms with Gasteiger partial charge in [0.25, 0.3) is 0 Å². The molecular formula is C16H25NO3. The fourth-order valence-corrected chi connectivity index (χ4v) is 2.72. The van der Waals surface area contributed by atoms with Gasteiger partial charge in [-0.3, -0.25) is 0 Å². The van der Waals surface area contributed by atoms with Crippen LogP contribution in [0.5, 0.6) is 5.75 Å². The van der Waals surface area contributed by atoms with Crippen molar-refractivity contribution in [2.75, 3.05) is 19.8 Å². The number of rotatable bonds is 5. The second-order valence-corrected chi connectivity index (χ2v) is 5.82. The van der Waals surface area contributed by atoms with Gasteiger partial charge in [0.15, 0.2) is 0 Å². The molecule has 4 heteroatoms. The van der Waals surface area contributed by atoms with Crippen molar-refractivity contribution in [2.24, 2.45) is 11.1 Å². The predicted molar refractivity (Wildman–Crippen MR) is 78.7 cm³/mol. The molecule has 0 aromatic heterocycles. The van der Waals surface area contributed by atoms with Crippen molar-refractivity contribution in [3.63, 3.8) is 0 Å². The summed E-state index contributed by atoms with van der Waals surface area (Å²) < 4.78 is 11.0. The van der Waals surface area contributed by atoms with Crippen molar-refractivity contribution < 1.29 is 14.6 Å². The van der Waals surface area contributed by atoms with Gasteiger partial charge in [-0.2, -0.15) is 0 Å². The molecule has 0 saturated carbocycles. The molecule has 1 aromatic rings. The standard InChI is InChI=1S/C16H25NO3/c1-12(2)20-14-5-3-13(4-6-14)15(18)16(11-17)7-9-19-10-8-16/h3-6,12,15,18H,7-11,17H2,1-2H3/t15-/m0/s1. The van der Waals surface area contributed by atoms with E-state index in [1.54, 1.807) is 0 Å². The summed E-state index contributed by atoms with van der Waals surface area (Å²) in [5, 5.41) is 10.7. The first-order valence-corrected chi connectivity index (χ1v) is 7.30. The summed E-state index contributed by atoms with van der Waals surface area (Å²) in [4.78, 5) is 0. The number of benzene rings is 1. The van der Waals surface area contributed by atoms with Crippen molar-refractivity contribution in [1.29, 1.82) is 0 Å². The van der Waals surface area contributed by atoms with E-state index in [2.05, 4.69) is 0 Å². The van der Waals surface area contributed by atoms with Crippen LogP contribution in [0.2, 0.25) is 0 Å². The smallest absolute Gasteiger partial charge is 0.119 e. The minimum atomic E-state index is -0.551. The Hall–Kier alpha value is -1.10. The van der Waals surface area contributed by atoms with E-state index < -0.39 is 6.10 Å². The third-order valence-electron chi connectivity index (χ3n) is 4.04. The van der Waals surface area contributed by atoms with E-state index in [9.17, 15) is 5.11 Å². The first-order valence-electron chi connectivity index (χ1n) is 7.30. The van der Waals surface area contributed by atoms with Gasteiger partial charge in [-0.05, 0) is 44.4 Å². The van der Waals surface area contributed by atoms with Crippen LogP contribution in [0.4, 0.5) is 0 Å². The average molecular weight is 279 g/mol. The molecule has 1 aliphatic rings. The van der Waals surface area contributed by atoms with Crippen LogP contribution in [0, 0.1) is 5.41 Å². The summed E-state index contributed by atoms with van der Waals surface area (Å²) in [5.74, 6) is 0.824. The molecule has 2 rings (SSSR count). The maximum atomic E-state index is 10.7. The molecule has 0 radical (unpaired) electrons. The number of aliphatic hydroxyl groups is 1. The van der Waals surface area contributed by atoms with Crippen molar-refractivity contribution in [2.45, 2.75) is 38.9 Å². The highest BCUT2D eigenvalue weighted by Gasteiger charge is 2.39. The van der Waals surface area contributed by atoms with Crippen LogP contribution in [0.25, 0.3) is 0 Å². The molecule has 1 heterocycles. The van der Waals surface area contributed by atoms with Gasteiger partial charge in [0.1, 0.15) is 5.75 Å². The Bertz CT molecular complexity index is 410. The monoisotopic (exact) mass is 279 g/mol. The summed E-state index contributed by atoms with van der Waals surface area (Å²) in [6.45, 7) is 5.80. The van der Waals surface area contributed by atoms with Crippen LogP contribution >= 0.6 is 0 Å². The van der Waals surface area contributed by atoms with E-state index in [1.807, 2.05) is 38.1 Å². The lowest BCUT2D eigenvalue weighted by Gasteiger charge is -2.40. The molecule has 0 amide bonds. The Kier molecular flexibility index (Phi) is 5.02. The third kappa shape index (κ3) is 3.32. The van der Waals surface area contributed by atoms with Gasteiger partial charge in [-0.15, -0.1) is 0 Å². The fourth-order valence-electron chi connectivity index (χ4n) is 2.72. The van der Waals surface area contributed by atoms with Crippen LogP contribution in [-0.2, 0) is 4.74 Å². The highest BCUT2D eigenvalue weighted by Crippen LogP contribution is 2.41. The largest absolute Gasteiger partial charge is 0.491 e. The van der Waals surface area contributed by atoms with E-state index in [0.29, 0.717) is 19.8 Å². The predicted octanol–water partition coefficient (Wildman–Crippen LogP) is 2.26. The maximum absolute atomic E-state index is 10.7. The molecule has 1 aromatic carbocycles. The van der Waals surface area contributed by atoms with E-state index in [0.717, 1.165) is 24.2 Å². The van der Waals surface area contributed by atoms with Gasteiger partial charge in [0.05, 0.1) is 12.2 Å². The summed E-state index contributed by atoms with van der Waals surface area (Å²) >= 11 is 0. The Morgan fingerprint density at radius 1 is 1.25 bits per heavy atom. The van der Waals surface area contributed by atoms with Gasteiger partial charge in [0, 0.05) is 25.2 Å². The van der Waals surface area contributed by atoms with Gasteiger partial charge < -0.3 is 20.3 Å². The molecular weight excluding hydrogens is 254 g/mol. The van der Waals surface area contributed by atoms with Crippen molar-refractivity contribution in [3.05, 3.63) is 29.8 Å². The van der Waals surface area contributed by atoms with Gasteiger partial charge in [0.2, 0.25) is 0 Å². The quantitative estimate of drug-likeness (QED) is 0.867. The second kappa shape index (κ2) is 6.57. The molecule has 1 fully saturated rings. The summed E-state index contributed by atoms with van der Waals surface area (Å²) in [6, 6.07) is 7.66. The zero-order valence-corrected chi connectivity index (χ0v) is 12.3. The number of hydrogen-bond donors (Lipinski definition) is 2. The molecule has 1 aliphatic heterocycles. The molecule has 0 spiro atoms. The van der Waals surface area contributed by atoms with E-state index in [1.165, 1.54) is 0 Å². The number of ether oxygens (including phenoxy) is 2. The summed E-state index contributed by atoms with van der Waals surface area (Å²) in [7, 11) is 0. The second-order valence-electron chi connectivity index (χ2n) is 5.82. The first-order chi connectivity index (χ1) is 9.57. The summed E-state index contributed by atoms with van der Waals surface area (Å²) in [6.07, 6.45) is 1.20. The van der Waals surface area contributed by atoms with Crippen molar-refractivity contribution >= 4 is 0 Å². The lowest BCUT2D eigenvalue weighted by atomic mass is 9.73. The van der Waals surface area contributed by atoms with E-state index >= 15 is 0 Å². The molecule has 0 aliphatic carbocycles. The zero-order chi connectivity index (χ0) is 14.6. The molecule has 1 saturated heterocycles. The average Bonchev–Trinajstić information content (AvgIpc) is 2.47. The minimum Gasteiger partial charge on any atom is -0.491 e. The highest BCUT2D eigenvalue weighted by atomic mass is 16.5. The number of nitrogens with two attached hydrogens (primary N) is 1. The van der Waals surface area contributed by atoms with E-state index in [4.69, 9.17) is 15.2 Å². The van der Waals surface area contributed by atoms with Crippen LogP contribution in [0.3, 0.4) is 0 Å². The van der Waals surface area contributed by atoms with E-state index in [-0.39, 0.29) is 11.5 Å². The topological polar surface area (TPSA) is 64.7 Å². The summed E-state index contributed by atoms with van der Waals surface area (Å²) in [5.41, 5.74) is 6.56. The maximum Gasteiger partial charge on any atom is 0.119 e. The molecule has 20 heavy (non-hydrogen) atoms. The van der Waals surface area contributed by atoms with Crippen LogP contribution in [-0.4, -0.2) is 31.0 Å². The lowest BCUT2D eigenvalue weighted by molar-refractivity contribution is -0.0581. The molecule has 3 N–H and O–H groups in total. The van der Waals surface area contributed by atoms with Crippen molar-refractivity contribution in [1.82, 2.24) is 0 Å². The Morgan fingerprint density at radius 3 is 2.35 bits per heavy atom. The lowest BCUT2D eigenvalue weighted by Crippen LogP contribution is -2.41. The Labute approximate surface area is 120 Å². The number of hydrogen-bond acceptors (Lipinski definition) is 4. The minimum absolute atomic E-state index is 0.150.